The van der Waals surface area contributed by atoms with Gasteiger partial charge in [-0.15, -0.1) is 0 Å². The summed E-state index contributed by atoms with van der Waals surface area (Å²) in [6.07, 6.45) is 10.8. The molecule has 3 heteroatoms. The normalized spacial score (nSPS) is 26.2. The van der Waals surface area contributed by atoms with E-state index in [2.05, 4.69) is 32.9 Å². The lowest BCUT2D eigenvalue weighted by molar-refractivity contribution is 0.139. The molecule has 2 aliphatic rings. The summed E-state index contributed by atoms with van der Waals surface area (Å²) >= 11 is 0. The first-order chi connectivity index (χ1) is 11.9. The molecule has 0 radical (unpaired) electrons. The van der Waals surface area contributed by atoms with E-state index in [0.717, 1.165) is 31.2 Å². The Hall–Kier alpha value is -2.00. The van der Waals surface area contributed by atoms with E-state index < -0.39 is 0 Å². The van der Waals surface area contributed by atoms with Crippen LogP contribution in [0.4, 0.5) is 0 Å². The molecule has 1 aromatic rings. The zero-order valence-electron chi connectivity index (χ0n) is 15.8. The van der Waals surface area contributed by atoms with Crippen LogP contribution < -0.4 is 0 Å². The largest absolute Gasteiger partial charge is 0.508 e. The Kier molecular flexibility index (Phi) is 6.89. The van der Waals surface area contributed by atoms with Crippen LogP contribution in [0.1, 0.15) is 63.7 Å². The van der Waals surface area contributed by atoms with Crippen molar-refractivity contribution in [1.82, 2.24) is 0 Å². The van der Waals surface area contributed by atoms with Gasteiger partial charge < -0.3 is 14.9 Å². The second-order valence-corrected chi connectivity index (χ2v) is 7.06. The van der Waals surface area contributed by atoms with Crippen molar-refractivity contribution in [3.63, 3.8) is 0 Å². The van der Waals surface area contributed by atoms with Gasteiger partial charge in [-0.2, -0.15) is 0 Å². The minimum Gasteiger partial charge on any atom is -0.508 e. The van der Waals surface area contributed by atoms with Gasteiger partial charge in [0.05, 0.1) is 0 Å². The van der Waals surface area contributed by atoms with E-state index >= 15 is 0 Å². The van der Waals surface area contributed by atoms with E-state index in [-0.39, 0.29) is 17.6 Å². The van der Waals surface area contributed by atoms with Crippen molar-refractivity contribution in [3.8, 4) is 11.5 Å². The fourth-order valence-corrected chi connectivity index (χ4v) is 3.20. The van der Waals surface area contributed by atoms with Crippen LogP contribution in [0.2, 0.25) is 0 Å². The molecule has 0 heterocycles. The van der Waals surface area contributed by atoms with Crippen LogP contribution in [0.25, 0.3) is 0 Å². The number of phenols is 2. The van der Waals surface area contributed by atoms with Crippen LogP contribution >= 0.6 is 0 Å². The van der Waals surface area contributed by atoms with E-state index in [1.807, 2.05) is 6.08 Å². The molecule has 2 bridgehead atoms. The first-order valence-corrected chi connectivity index (χ1v) is 8.96. The van der Waals surface area contributed by atoms with Gasteiger partial charge in [0.1, 0.15) is 17.6 Å². The average Bonchev–Trinajstić information content (AvgIpc) is 2.55. The third-order valence-corrected chi connectivity index (χ3v) is 4.76. The maximum absolute atomic E-state index is 10.4. The van der Waals surface area contributed by atoms with Gasteiger partial charge in [0.25, 0.3) is 0 Å². The van der Waals surface area contributed by atoms with Gasteiger partial charge in [0, 0.05) is 18.2 Å². The smallest absolute Gasteiger partial charge is 0.122 e. The van der Waals surface area contributed by atoms with Gasteiger partial charge in [0.2, 0.25) is 0 Å². The second-order valence-electron chi connectivity index (χ2n) is 7.06. The van der Waals surface area contributed by atoms with Crippen LogP contribution in [0.3, 0.4) is 0 Å². The molecular formula is C22H30O3. The van der Waals surface area contributed by atoms with Crippen LogP contribution in [0, 0.1) is 0 Å². The molecule has 0 aliphatic heterocycles. The van der Waals surface area contributed by atoms with Crippen molar-refractivity contribution >= 4 is 0 Å². The summed E-state index contributed by atoms with van der Waals surface area (Å²) in [6.45, 7) is 6.33. The number of ether oxygens (including phenoxy) is 1. The van der Waals surface area contributed by atoms with Crippen LogP contribution in [0.15, 0.2) is 47.1 Å². The molecule has 0 spiro atoms. The highest BCUT2D eigenvalue weighted by molar-refractivity contribution is 5.48. The lowest BCUT2D eigenvalue weighted by atomic mass is 9.97. The molecule has 1 atom stereocenters. The molecule has 25 heavy (non-hydrogen) atoms. The summed E-state index contributed by atoms with van der Waals surface area (Å²) in [6, 6.07) is 3.29. The zero-order valence-corrected chi connectivity index (χ0v) is 15.8. The fourth-order valence-electron chi connectivity index (χ4n) is 3.20. The Morgan fingerprint density at radius 1 is 0.880 bits per heavy atom. The van der Waals surface area contributed by atoms with Crippen LogP contribution in [-0.4, -0.2) is 17.3 Å². The lowest BCUT2D eigenvalue weighted by Gasteiger charge is -2.17. The highest BCUT2D eigenvalue weighted by atomic mass is 16.5. The first-order valence-electron chi connectivity index (χ1n) is 8.96. The molecular weight excluding hydrogens is 312 g/mol. The number of hydrogen-bond acceptors (Lipinski definition) is 3. The molecule has 0 fully saturated rings. The van der Waals surface area contributed by atoms with E-state index in [0.29, 0.717) is 12.0 Å². The fraction of sp³-hybridized carbons (Fsp3) is 0.455. The SMILES string of the molecule is COC1/C=C(\C)CC/C=C(\C)CC/C=C(/C)Cc2cc(O)c1cc2O. The highest BCUT2D eigenvalue weighted by Gasteiger charge is 2.16. The molecule has 0 amide bonds. The third-order valence-electron chi connectivity index (χ3n) is 4.76. The Labute approximate surface area is 151 Å². The topological polar surface area (TPSA) is 49.7 Å². The van der Waals surface area contributed by atoms with E-state index in [4.69, 9.17) is 4.74 Å². The van der Waals surface area contributed by atoms with Crippen molar-refractivity contribution in [2.45, 2.75) is 59.0 Å². The minimum atomic E-state index is -0.366. The van der Waals surface area contributed by atoms with Crippen LogP contribution in [0.5, 0.6) is 11.5 Å². The highest BCUT2D eigenvalue weighted by Crippen LogP contribution is 2.35. The second kappa shape index (κ2) is 8.91. The van der Waals surface area contributed by atoms with Gasteiger partial charge in [-0.05, 0) is 65.0 Å². The summed E-state index contributed by atoms with van der Waals surface area (Å²) in [5.41, 5.74) is 5.16. The first kappa shape index (κ1) is 19.3. The molecule has 1 unspecified atom stereocenters. The monoisotopic (exact) mass is 342 g/mol. The van der Waals surface area contributed by atoms with Gasteiger partial charge in [-0.25, -0.2) is 0 Å². The molecule has 136 valence electrons. The molecule has 0 saturated heterocycles. The predicted octanol–water partition coefficient (Wildman–Crippen LogP) is 5.74. The number of phenolic OH excluding ortho intramolecular Hbond substituents is 2. The van der Waals surface area contributed by atoms with Crippen molar-refractivity contribution < 1.29 is 14.9 Å². The standard InChI is InChI=1S/C22H30O3/c1-15-7-5-9-16(2)11-18-13-21(24)19(14-20(18)23)22(25-4)12-17(3)10-6-8-15/h8-9,12-14,22-24H,5-7,10-11H2,1-4H3/b15-8+,16-9-,17-12+. The number of benzene rings is 1. The molecule has 0 aromatic heterocycles. The van der Waals surface area contributed by atoms with E-state index in [9.17, 15) is 10.2 Å². The summed E-state index contributed by atoms with van der Waals surface area (Å²) in [7, 11) is 1.62. The van der Waals surface area contributed by atoms with Gasteiger partial charge >= 0.3 is 0 Å². The number of rotatable bonds is 1. The molecule has 0 saturated carbocycles. The molecule has 2 aliphatic carbocycles. The molecule has 3 rings (SSSR count). The average molecular weight is 342 g/mol. The van der Waals surface area contributed by atoms with Crippen molar-refractivity contribution in [1.29, 1.82) is 0 Å². The summed E-state index contributed by atoms with van der Waals surface area (Å²) in [5.74, 6) is 0.371. The Bertz CT molecular complexity index is 695. The zero-order chi connectivity index (χ0) is 18.4. The van der Waals surface area contributed by atoms with Crippen molar-refractivity contribution in [3.05, 3.63) is 58.2 Å². The summed E-state index contributed by atoms with van der Waals surface area (Å²) < 4.78 is 5.55. The molecule has 3 nitrogen and oxygen atoms in total. The predicted molar refractivity (Wildman–Crippen MR) is 103 cm³/mol. The third kappa shape index (κ3) is 5.50. The van der Waals surface area contributed by atoms with E-state index in [1.54, 1.807) is 19.2 Å². The quantitative estimate of drug-likeness (QED) is 0.505. The molecule has 2 N–H and O–H groups in total. The number of hydrogen-bond donors (Lipinski definition) is 2. The minimum absolute atomic E-state index is 0.166. The van der Waals surface area contributed by atoms with Gasteiger partial charge in [0.15, 0.2) is 0 Å². The lowest BCUT2D eigenvalue weighted by Crippen LogP contribution is -2.01. The summed E-state index contributed by atoms with van der Waals surface area (Å²) in [5, 5.41) is 20.8. The number of aromatic hydroxyl groups is 2. The van der Waals surface area contributed by atoms with Gasteiger partial charge in [-0.3, -0.25) is 0 Å². The van der Waals surface area contributed by atoms with Gasteiger partial charge in [-0.1, -0.05) is 34.9 Å². The number of methoxy groups -OCH3 is 1. The van der Waals surface area contributed by atoms with Crippen molar-refractivity contribution in [2.75, 3.05) is 7.11 Å². The number of fused-ring (bicyclic) bond motifs is 10. The van der Waals surface area contributed by atoms with Crippen molar-refractivity contribution in [2.24, 2.45) is 0 Å². The van der Waals surface area contributed by atoms with E-state index in [1.165, 1.54) is 16.7 Å². The Balaban J connectivity index is 2.44. The summed E-state index contributed by atoms with van der Waals surface area (Å²) in [4.78, 5) is 0. The molecule has 1 aromatic carbocycles. The maximum Gasteiger partial charge on any atom is 0.122 e. The number of allylic oxidation sites excluding steroid dienone is 5. The Morgan fingerprint density at radius 2 is 1.52 bits per heavy atom. The Morgan fingerprint density at radius 3 is 2.20 bits per heavy atom. The van der Waals surface area contributed by atoms with Crippen LogP contribution in [-0.2, 0) is 11.2 Å². The maximum atomic E-state index is 10.4.